The van der Waals surface area contributed by atoms with Gasteiger partial charge in [-0.05, 0) is 38.1 Å². The number of carbonyl (C=O) groups is 3. The molecule has 0 aliphatic carbocycles. The number of amides is 3. The van der Waals surface area contributed by atoms with Crippen LogP contribution in [0.15, 0.2) is 47.1 Å². The molecule has 8 heteroatoms. The molecule has 0 radical (unpaired) electrons. The predicted octanol–water partition coefficient (Wildman–Crippen LogP) is 0.992. The van der Waals surface area contributed by atoms with Crippen molar-refractivity contribution in [3.63, 3.8) is 0 Å². The molecule has 0 spiro atoms. The van der Waals surface area contributed by atoms with Gasteiger partial charge in [-0.2, -0.15) is 0 Å². The second-order valence-electron chi connectivity index (χ2n) is 5.55. The third-order valence-corrected chi connectivity index (χ3v) is 3.52. The summed E-state index contributed by atoms with van der Waals surface area (Å²) >= 11 is 0. The van der Waals surface area contributed by atoms with Gasteiger partial charge in [-0.25, -0.2) is 0 Å². The fraction of sp³-hybridized carbons (Fsp3) is 0.278. The second-order valence-corrected chi connectivity index (χ2v) is 5.55. The molecule has 0 aliphatic heterocycles. The number of nitrogens with zero attached hydrogens (tertiary/aromatic N) is 1. The predicted molar refractivity (Wildman–Crippen MR) is 96.4 cm³/mol. The second kappa shape index (κ2) is 9.26. The third-order valence-electron chi connectivity index (χ3n) is 3.52. The lowest BCUT2D eigenvalue weighted by atomic mass is 10.2. The van der Waals surface area contributed by atoms with Crippen LogP contribution in [0.3, 0.4) is 0 Å². The zero-order chi connectivity index (χ0) is 18.9. The summed E-state index contributed by atoms with van der Waals surface area (Å²) < 4.78 is 4.92. The van der Waals surface area contributed by atoms with E-state index in [1.54, 1.807) is 11.1 Å². The Balaban J connectivity index is 1.73. The summed E-state index contributed by atoms with van der Waals surface area (Å²) in [4.78, 5) is 35.4. The maximum atomic E-state index is 12.0. The molecule has 1 aromatic heterocycles. The molecule has 138 valence electrons. The van der Waals surface area contributed by atoms with Crippen molar-refractivity contribution in [1.29, 1.82) is 0 Å². The van der Waals surface area contributed by atoms with Crippen molar-refractivity contribution >= 4 is 23.4 Å². The molecule has 2 aromatic rings. The van der Waals surface area contributed by atoms with Gasteiger partial charge in [0.15, 0.2) is 5.76 Å². The third kappa shape index (κ3) is 5.66. The molecule has 0 fully saturated rings. The zero-order valence-corrected chi connectivity index (χ0v) is 14.7. The highest BCUT2D eigenvalue weighted by molar-refractivity contribution is 5.94. The average Bonchev–Trinajstić information content (AvgIpc) is 3.18. The van der Waals surface area contributed by atoms with Crippen LogP contribution in [0.4, 0.5) is 5.69 Å². The summed E-state index contributed by atoms with van der Waals surface area (Å²) in [6.45, 7) is 4.02. The van der Waals surface area contributed by atoms with Crippen LogP contribution in [0.1, 0.15) is 23.0 Å². The fourth-order valence-electron chi connectivity index (χ4n) is 2.14. The Hall–Kier alpha value is -3.29. The van der Waals surface area contributed by atoms with Gasteiger partial charge in [0, 0.05) is 6.54 Å². The van der Waals surface area contributed by atoms with Crippen molar-refractivity contribution in [2.45, 2.75) is 13.8 Å². The number of furan rings is 1. The SMILES string of the molecule is CCN(NC(=O)CNC(=O)CNC(=O)c1ccco1)c1ccc(C)cc1. The number of hydrogen-bond donors (Lipinski definition) is 3. The van der Waals surface area contributed by atoms with E-state index in [4.69, 9.17) is 4.42 Å². The molecule has 1 aromatic carbocycles. The first kappa shape index (κ1) is 19.0. The van der Waals surface area contributed by atoms with E-state index in [1.165, 1.54) is 12.3 Å². The normalized spacial score (nSPS) is 10.1. The van der Waals surface area contributed by atoms with Crippen LogP contribution in [-0.4, -0.2) is 37.4 Å². The van der Waals surface area contributed by atoms with E-state index < -0.39 is 11.8 Å². The molecular formula is C18H22N4O4. The molecule has 0 saturated heterocycles. The van der Waals surface area contributed by atoms with Gasteiger partial charge in [0.25, 0.3) is 11.8 Å². The molecule has 3 amide bonds. The van der Waals surface area contributed by atoms with Gasteiger partial charge in [-0.1, -0.05) is 17.7 Å². The minimum atomic E-state index is -0.494. The molecule has 2 rings (SSSR count). The van der Waals surface area contributed by atoms with Crippen molar-refractivity contribution in [1.82, 2.24) is 16.1 Å². The Bertz CT molecular complexity index is 741. The maximum absolute atomic E-state index is 12.0. The minimum absolute atomic E-state index is 0.118. The fourth-order valence-corrected chi connectivity index (χ4v) is 2.14. The Morgan fingerprint density at radius 3 is 2.31 bits per heavy atom. The summed E-state index contributed by atoms with van der Waals surface area (Å²) in [7, 11) is 0. The number of anilines is 1. The molecule has 0 aliphatic rings. The lowest BCUT2D eigenvalue weighted by molar-refractivity contribution is -0.125. The van der Waals surface area contributed by atoms with Gasteiger partial charge in [0.05, 0.1) is 25.0 Å². The molecule has 3 N–H and O–H groups in total. The van der Waals surface area contributed by atoms with Gasteiger partial charge >= 0.3 is 0 Å². The lowest BCUT2D eigenvalue weighted by Gasteiger charge is -2.24. The number of rotatable bonds is 8. The smallest absolute Gasteiger partial charge is 0.287 e. The number of carbonyl (C=O) groups excluding carboxylic acids is 3. The molecular weight excluding hydrogens is 336 g/mol. The van der Waals surface area contributed by atoms with Gasteiger partial charge < -0.3 is 15.1 Å². The number of benzene rings is 1. The minimum Gasteiger partial charge on any atom is -0.459 e. The molecule has 8 nitrogen and oxygen atoms in total. The number of hydrogen-bond acceptors (Lipinski definition) is 5. The van der Waals surface area contributed by atoms with E-state index in [0.29, 0.717) is 6.54 Å². The van der Waals surface area contributed by atoms with Crippen molar-refractivity contribution in [3.05, 3.63) is 54.0 Å². The first-order chi connectivity index (χ1) is 12.5. The van der Waals surface area contributed by atoms with Crippen LogP contribution >= 0.6 is 0 Å². The molecule has 0 saturated carbocycles. The summed E-state index contributed by atoms with van der Waals surface area (Å²) in [5, 5.41) is 6.54. The molecule has 1 heterocycles. The van der Waals surface area contributed by atoms with Crippen LogP contribution < -0.4 is 21.1 Å². The van der Waals surface area contributed by atoms with Crippen LogP contribution in [0.25, 0.3) is 0 Å². The van der Waals surface area contributed by atoms with Crippen LogP contribution in [-0.2, 0) is 9.59 Å². The molecule has 0 bridgehead atoms. The standard InChI is InChI=1S/C18H22N4O4/c1-3-22(14-8-6-13(2)7-9-14)21-17(24)12-19-16(23)11-20-18(25)15-5-4-10-26-15/h4-10H,3,11-12H2,1-2H3,(H,19,23)(H,20,25)(H,21,24). The average molecular weight is 358 g/mol. The Morgan fingerprint density at radius 2 is 1.69 bits per heavy atom. The van der Waals surface area contributed by atoms with Crippen LogP contribution in [0.5, 0.6) is 0 Å². The van der Waals surface area contributed by atoms with E-state index >= 15 is 0 Å². The van der Waals surface area contributed by atoms with E-state index in [9.17, 15) is 14.4 Å². The summed E-state index contributed by atoms with van der Waals surface area (Å²) in [5.41, 5.74) is 4.70. The molecule has 0 unspecified atom stereocenters. The summed E-state index contributed by atoms with van der Waals surface area (Å²) in [5.74, 6) is -1.21. The van der Waals surface area contributed by atoms with E-state index in [-0.39, 0.29) is 24.8 Å². The van der Waals surface area contributed by atoms with Gasteiger partial charge in [-0.3, -0.25) is 24.8 Å². The van der Waals surface area contributed by atoms with Crippen LogP contribution in [0, 0.1) is 6.92 Å². The topological polar surface area (TPSA) is 104 Å². The van der Waals surface area contributed by atoms with Crippen molar-refractivity contribution in [3.8, 4) is 0 Å². The summed E-state index contributed by atoms with van der Waals surface area (Å²) in [6, 6.07) is 10.8. The largest absolute Gasteiger partial charge is 0.459 e. The van der Waals surface area contributed by atoms with Crippen molar-refractivity contribution in [2.24, 2.45) is 0 Å². The monoisotopic (exact) mass is 358 g/mol. The molecule has 26 heavy (non-hydrogen) atoms. The van der Waals surface area contributed by atoms with E-state index in [2.05, 4.69) is 16.1 Å². The number of nitrogens with one attached hydrogen (secondary N) is 3. The van der Waals surface area contributed by atoms with Gasteiger partial charge in [-0.15, -0.1) is 0 Å². The highest BCUT2D eigenvalue weighted by Gasteiger charge is 2.12. The van der Waals surface area contributed by atoms with Gasteiger partial charge in [0.1, 0.15) is 0 Å². The molecule has 0 atom stereocenters. The first-order valence-electron chi connectivity index (χ1n) is 8.21. The van der Waals surface area contributed by atoms with Crippen molar-refractivity contribution < 1.29 is 18.8 Å². The first-order valence-corrected chi connectivity index (χ1v) is 8.21. The summed E-state index contributed by atoms with van der Waals surface area (Å²) in [6.07, 6.45) is 1.37. The zero-order valence-electron chi connectivity index (χ0n) is 14.7. The highest BCUT2D eigenvalue weighted by Crippen LogP contribution is 2.12. The van der Waals surface area contributed by atoms with Gasteiger partial charge in [0.2, 0.25) is 5.91 Å². The maximum Gasteiger partial charge on any atom is 0.287 e. The van der Waals surface area contributed by atoms with E-state index in [0.717, 1.165) is 11.3 Å². The van der Waals surface area contributed by atoms with Crippen molar-refractivity contribution in [2.75, 3.05) is 24.6 Å². The lowest BCUT2D eigenvalue weighted by Crippen LogP contribution is -2.48. The number of hydrazine groups is 1. The highest BCUT2D eigenvalue weighted by atomic mass is 16.3. The quantitative estimate of drug-likeness (QED) is 0.611. The van der Waals surface area contributed by atoms with E-state index in [1.807, 2.05) is 38.1 Å². The Labute approximate surface area is 151 Å². The Kier molecular flexibility index (Phi) is 6.78. The number of aryl methyl sites for hydroxylation is 1. The van der Waals surface area contributed by atoms with Crippen LogP contribution in [0.2, 0.25) is 0 Å². The Morgan fingerprint density at radius 1 is 1.00 bits per heavy atom.